The highest BCUT2D eigenvalue weighted by molar-refractivity contribution is 5.30. The van der Waals surface area contributed by atoms with E-state index in [1.54, 1.807) is 0 Å². The van der Waals surface area contributed by atoms with Gasteiger partial charge in [-0.05, 0) is 39.2 Å². The fraction of sp³-hybridized carbons (Fsp3) is 0.810. The summed E-state index contributed by atoms with van der Waals surface area (Å²) in [6.07, 6.45) is 5.76. The molecule has 4 aliphatic heterocycles. The molecule has 9 nitrogen and oxygen atoms in total. The molecule has 0 aliphatic carbocycles. The smallest absolute Gasteiger partial charge is 0.136 e. The van der Waals surface area contributed by atoms with Crippen molar-refractivity contribution < 1.29 is 4.74 Å². The van der Waals surface area contributed by atoms with Crippen LogP contribution >= 0.6 is 0 Å². The number of piperazine rings is 1. The van der Waals surface area contributed by atoms with Crippen LogP contribution in [0.3, 0.4) is 0 Å². The van der Waals surface area contributed by atoms with Crippen LogP contribution in [0, 0.1) is 0 Å². The highest BCUT2D eigenvalue weighted by Crippen LogP contribution is 2.27. The van der Waals surface area contributed by atoms with E-state index in [1.807, 2.05) is 6.92 Å². The maximum absolute atomic E-state index is 5.65. The van der Waals surface area contributed by atoms with Crippen molar-refractivity contribution in [1.29, 1.82) is 0 Å². The normalized spacial score (nSPS) is 32.4. The Morgan fingerprint density at radius 2 is 2.17 bits per heavy atom. The minimum absolute atomic E-state index is 0.0268. The molecule has 3 unspecified atom stereocenters. The molecule has 9 heteroatoms. The summed E-state index contributed by atoms with van der Waals surface area (Å²) in [5.41, 5.74) is 6.27. The highest BCUT2D eigenvalue weighted by Gasteiger charge is 2.41. The van der Waals surface area contributed by atoms with Gasteiger partial charge >= 0.3 is 0 Å². The van der Waals surface area contributed by atoms with Gasteiger partial charge in [0.1, 0.15) is 12.5 Å². The number of nitrogens with zero attached hydrogens (tertiary/aromatic N) is 2. The van der Waals surface area contributed by atoms with Crippen LogP contribution in [-0.4, -0.2) is 80.4 Å². The van der Waals surface area contributed by atoms with Crippen molar-refractivity contribution in [3.05, 3.63) is 23.3 Å². The Balaban J connectivity index is 1.57. The molecule has 0 aromatic carbocycles. The fourth-order valence-corrected chi connectivity index (χ4v) is 4.75. The van der Waals surface area contributed by atoms with Crippen molar-refractivity contribution in [1.82, 2.24) is 41.9 Å². The van der Waals surface area contributed by atoms with Gasteiger partial charge in [-0.3, -0.25) is 10.2 Å². The van der Waals surface area contributed by atoms with Crippen LogP contribution < -0.4 is 32.0 Å². The van der Waals surface area contributed by atoms with Gasteiger partial charge in [-0.1, -0.05) is 6.92 Å². The van der Waals surface area contributed by atoms with Gasteiger partial charge in [-0.2, -0.15) is 0 Å². The molecule has 0 bridgehead atoms. The van der Waals surface area contributed by atoms with E-state index in [9.17, 15) is 0 Å². The van der Waals surface area contributed by atoms with Crippen LogP contribution in [0.4, 0.5) is 0 Å². The van der Waals surface area contributed by atoms with E-state index in [-0.39, 0.29) is 12.5 Å². The van der Waals surface area contributed by atoms with Gasteiger partial charge in [-0.25, -0.2) is 5.43 Å². The maximum Gasteiger partial charge on any atom is 0.136 e. The van der Waals surface area contributed by atoms with E-state index < -0.39 is 0 Å². The van der Waals surface area contributed by atoms with Gasteiger partial charge < -0.3 is 31.0 Å². The molecule has 4 heterocycles. The minimum Gasteiger partial charge on any atom is -0.380 e. The number of allylic oxidation sites excluding steroid dienone is 1. The summed E-state index contributed by atoms with van der Waals surface area (Å²) in [7, 11) is 0. The Kier molecular flexibility index (Phi) is 7.37. The number of hydrogen-bond acceptors (Lipinski definition) is 9. The summed E-state index contributed by atoms with van der Waals surface area (Å²) < 4.78 is 5.65. The zero-order valence-corrected chi connectivity index (χ0v) is 18.8. The third kappa shape index (κ3) is 4.86. The van der Waals surface area contributed by atoms with Crippen LogP contribution in [0.2, 0.25) is 0 Å². The summed E-state index contributed by atoms with van der Waals surface area (Å²) >= 11 is 0. The molecule has 0 spiro atoms. The average Bonchev–Trinajstić information content (AvgIpc) is 3.13. The first-order chi connectivity index (χ1) is 14.7. The van der Waals surface area contributed by atoms with Crippen LogP contribution in [0.25, 0.3) is 0 Å². The third-order valence-electron chi connectivity index (χ3n) is 6.30. The van der Waals surface area contributed by atoms with Gasteiger partial charge in [0.15, 0.2) is 0 Å². The van der Waals surface area contributed by atoms with Gasteiger partial charge in [0, 0.05) is 38.8 Å². The molecular formula is C21H40N8O. The molecule has 0 saturated carbocycles. The summed E-state index contributed by atoms with van der Waals surface area (Å²) in [6, 6.07) is 0.794. The lowest BCUT2D eigenvalue weighted by Gasteiger charge is -2.44. The van der Waals surface area contributed by atoms with Crippen molar-refractivity contribution in [2.75, 3.05) is 45.9 Å². The number of rotatable bonds is 8. The van der Waals surface area contributed by atoms with E-state index in [0.29, 0.717) is 18.7 Å². The van der Waals surface area contributed by atoms with Crippen LogP contribution in [0.1, 0.15) is 40.0 Å². The Morgan fingerprint density at radius 3 is 2.90 bits per heavy atom. The minimum atomic E-state index is 0.0268. The van der Waals surface area contributed by atoms with E-state index in [1.165, 1.54) is 17.8 Å². The predicted molar refractivity (Wildman–Crippen MR) is 119 cm³/mol. The maximum atomic E-state index is 5.65. The molecule has 30 heavy (non-hydrogen) atoms. The van der Waals surface area contributed by atoms with Gasteiger partial charge in [0.05, 0.1) is 36.4 Å². The molecular weight excluding hydrogens is 380 g/mol. The van der Waals surface area contributed by atoms with Gasteiger partial charge in [0.25, 0.3) is 0 Å². The average molecular weight is 421 g/mol. The van der Waals surface area contributed by atoms with E-state index in [2.05, 4.69) is 61.8 Å². The first-order valence-corrected chi connectivity index (χ1v) is 11.8. The van der Waals surface area contributed by atoms with Crippen LogP contribution in [-0.2, 0) is 4.74 Å². The summed E-state index contributed by atoms with van der Waals surface area (Å²) in [4.78, 5) is 2.51. The lowest BCUT2D eigenvalue weighted by Crippen LogP contribution is -2.68. The quantitative estimate of drug-likeness (QED) is 0.298. The molecule has 170 valence electrons. The molecule has 4 rings (SSSR count). The lowest BCUT2D eigenvalue weighted by atomic mass is 10.1. The predicted octanol–water partition coefficient (Wildman–Crippen LogP) is -0.256. The Hall–Kier alpha value is -1.52. The largest absolute Gasteiger partial charge is 0.380 e. The summed E-state index contributed by atoms with van der Waals surface area (Å²) in [6.45, 7) is 12.9. The summed E-state index contributed by atoms with van der Waals surface area (Å²) in [5.74, 6) is 1.13. The number of nitrogens with one attached hydrogen (secondary N) is 6. The Labute approximate surface area is 181 Å². The monoisotopic (exact) mass is 420 g/mol. The highest BCUT2D eigenvalue weighted by atomic mass is 16.5. The fourth-order valence-electron chi connectivity index (χ4n) is 4.75. The number of ether oxygens (including phenoxy) is 1. The van der Waals surface area contributed by atoms with Crippen molar-refractivity contribution in [2.45, 2.75) is 64.6 Å². The van der Waals surface area contributed by atoms with Crippen molar-refractivity contribution in [2.24, 2.45) is 0 Å². The SMILES string of the molecule is CCOCCN1NC(CC)C2=C1C(NC1=CCCCN1)NC(N1CCN[C@H](C)C1)N2. The Bertz CT molecular complexity index is 638. The first kappa shape index (κ1) is 21.7. The zero-order valence-electron chi connectivity index (χ0n) is 18.8. The molecule has 0 radical (unpaired) electrons. The van der Waals surface area contributed by atoms with Crippen molar-refractivity contribution in [3.8, 4) is 0 Å². The third-order valence-corrected chi connectivity index (χ3v) is 6.30. The molecule has 4 atom stereocenters. The Morgan fingerprint density at radius 1 is 1.27 bits per heavy atom. The number of hydrazine groups is 1. The standard InChI is InChI=1S/C21H40N8O/c1-4-16-18-19(29(27-16)12-13-30-5-2)20(24-17-8-6-7-9-23-17)26-21(25-18)28-11-10-22-15(3)14-28/h8,15-16,20-27H,4-7,9-14H2,1-3H3/t15-,16?,20?,21?/m1/s1. The van der Waals surface area contributed by atoms with Gasteiger partial charge in [0.2, 0.25) is 0 Å². The van der Waals surface area contributed by atoms with E-state index in [4.69, 9.17) is 4.74 Å². The molecule has 4 aliphatic rings. The molecule has 0 aromatic heterocycles. The lowest BCUT2D eigenvalue weighted by molar-refractivity contribution is 0.0800. The molecule has 0 aromatic rings. The second kappa shape index (κ2) is 10.2. The second-order valence-corrected chi connectivity index (χ2v) is 8.57. The second-order valence-electron chi connectivity index (χ2n) is 8.57. The van der Waals surface area contributed by atoms with Crippen LogP contribution in [0.5, 0.6) is 0 Å². The van der Waals surface area contributed by atoms with Crippen molar-refractivity contribution in [3.63, 3.8) is 0 Å². The van der Waals surface area contributed by atoms with Crippen molar-refractivity contribution >= 4 is 0 Å². The summed E-state index contributed by atoms with van der Waals surface area (Å²) in [5, 5.41) is 20.8. The van der Waals surface area contributed by atoms with Gasteiger partial charge in [-0.15, -0.1) is 0 Å². The molecule has 1 fully saturated rings. The van der Waals surface area contributed by atoms with Crippen LogP contribution in [0.15, 0.2) is 23.3 Å². The molecule has 0 amide bonds. The topological polar surface area (TPSA) is 87.9 Å². The number of hydrogen-bond donors (Lipinski definition) is 6. The van der Waals surface area contributed by atoms with E-state index in [0.717, 1.165) is 58.0 Å². The first-order valence-electron chi connectivity index (χ1n) is 11.8. The van der Waals surface area contributed by atoms with E-state index >= 15 is 0 Å². The zero-order chi connectivity index (χ0) is 20.9. The molecule has 1 saturated heterocycles. The molecule has 6 N–H and O–H groups in total.